The number of para-hydroxylation sites is 1. The highest BCUT2D eigenvalue weighted by Gasteiger charge is 2.26. The highest BCUT2D eigenvalue weighted by Crippen LogP contribution is 2.42. The van der Waals surface area contributed by atoms with Gasteiger partial charge in [0.15, 0.2) is 0 Å². The van der Waals surface area contributed by atoms with Crippen LogP contribution in [0.2, 0.25) is 0 Å². The van der Waals surface area contributed by atoms with Crippen molar-refractivity contribution in [1.82, 2.24) is 9.97 Å². The highest BCUT2D eigenvalue weighted by molar-refractivity contribution is 5.90. The smallest absolute Gasteiger partial charge is 0.362 e. The van der Waals surface area contributed by atoms with E-state index in [9.17, 15) is 13.6 Å². The number of hydrogen-bond acceptors (Lipinski definition) is 4. The second kappa shape index (κ2) is 10.9. The molecule has 39 heavy (non-hydrogen) atoms. The molecule has 0 aliphatic heterocycles. The first-order valence-corrected chi connectivity index (χ1v) is 12.0. The lowest BCUT2D eigenvalue weighted by atomic mass is 9.83. The molecule has 0 saturated heterocycles. The van der Waals surface area contributed by atoms with E-state index >= 15 is 8.78 Å². The maximum absolute atomic E-state index is 15.5. The predicted octanol–water partition coefficient (Wildman–Crippen LogP) is 7.74. The topological polar surface area (TPSA) is 52.1 Å². The Labute approximate surface area is 221 Å². The number of halogens is 4. The van der Waals surface area contributed by atoms with Crippen LogP contribution in [-0.2, 0) is 0 Å². The van der Waals surface area contributed by atoms with Crippen molar-refractivity contribution in [2.45, 2.75) is 12.8 Å². The quantitative estimate of drug-likeness (QED) is 0.129. The summed E-state index contributed by atoms with van der Waals surface area (Å²) in [5.74, 6) is -5.21. The van der Waals surface area contributed by atoms with Crippen molar-refractivity contribution >= 4 is 5.97 Å². The van der Waals surface area contributed by atoms with Crippen LogP contribution in [-0.4, -0.2) is 15.9 Å². The third-order valence-corrected chi connectivity index (χ3v) is 6.26. The standard InChI is InChI=1S/C31H20F4N2O2/c1-18(23-15-20(33)17-25(35)30(23)26-9-4-6-12-36-26)22-14-19(32)16-24(34)29(22)21-8-2-3-11-28(21)39-31(38)27-10-5-7-13-37-27/h2-18H,1H3. The summed E-state index contributed by atoms with van der Waals surface area (Å²) in [4.78, 5) is 20.9. The van der Waals surface area contributed by atoms with Crippen LogP contribution in [0.15, 0.2) is 97.3 Å². The van der Waals surface area contributed by atoms with E-state index in [2.05, 4.69) is 9.97 Å². The van der Waals surface area contributed by atoms with E-state index in [0.29, 0.717) is 6.07 Å². The molecular weight excluding hydrogens is 508 g/mol. The number of ether oxygens (including phenoxy) is 1. The summed E-state index contributed by atoms with van der Waals surface area (Å²) < 4.78 is 65.3. The lowest BCUT2D eigenvalue weighted by Gasteiger charge is -2.22. The molecule has 0 aliphatic rings. The second-order valence-electron chi connectivity index (χ2n) is 8.74. The molecule has 2 heterocycles. The Morgan fingerprint density at radius 2 is 1.31 bits per heavy atom. The molecule has 1 atom stereocenters. The van der Waals surface area contributed by atoms with Gasteiger partial charge in [-0.15, -0.1) is 0 Å². The fraction of sp³-hybridized carbons (Fsp3) is 0.0645. The minimum Gasteiger partial charge on any atom is -0.421 e. The highest BCUT2D eigenvalue weighted by atomic mass is 19.1. The largest absolute Gasteiger partial charge is 0.421 e. The van der Waals surface area contributed by atoms with Crippen molar-refractivity contribution in [3.8, 4) is 28.1 Å². The molecule has 1 unspecified atom stereocenters. The number of carbonyl (C=O) groups excluding carboxylic acids is 1. The lowest BCUT2D eigenvalue weighted by molar-refractivity contribution is 0.0729. The van der Waals surface area contributed by atoms with Gasteiger partial charge in [0.2, 0.25) is 0 Å². The maximum atomic E-state index is 15.5. The van der Waals surface area contributed by atoms with Gasteiger partial charge in [-0.1, -0.05) is 37.3 Å². The fourth-order valence-electron chi connectivity index (χ4n) is 4.50. The van der Waals surface area contributed by atoms with Gasteiger partial charge in [0, 0.05) is 47.1 Å². The zero-order valence-corrected chi connectivity index (χ0v) is 20.5. The summed E-state index contributed by atoms with van der Waals surface area (Å²) in [6.45, 7) is 1.58. The Morgan fingerprint density at radius 3 is 1.95 bits per heavy atom. The van der Waals surface area contributed by atoms with Crippen molar-refractivity contribution in [2.24, 2.45) is 0 Å². The fourth-order valence-corrected chi connectivity index (χ4v) is 4.50. The summed E-state index contributed by atoms with van der Waals surface area (Å²) in [5, 5.41) is 0. The summed E-state index contributed by atoms with van der Waals surface area (Å²) >= 11 is 0. The van der Waals surface area contributed by atoms with E-state index in [1.807, 2.05) is 0 Å². The molecular formula is C31H20F4N2O2. The van der Waals surface area contributed by atoms with E-state index in [1.54, 1.807) is 49.4 Å². The van der Waals surface area contributed by atoms with Gasteiger partial charge in [-0.25, -0.2) is 27.3 Å². The SMILES string of the molecule is CC(c1cc(F)cc(F)c1-c1ccccn1)c1cc(F)cc(F)c1-c1ccccc1OC(=O)c1ccccn1. The van der Waals surface area contributed by atoms with Gasteiger partial charge in [-0.2, -0.15) is 0 Å². The van der Waals surface area contributed by atoms with E-state index in [1.165, 1.54) is 30.6 Å². The summed E-state index contributed by atoms with van der Waals surface area (Å²) in [7, 11) is 0. The lowest BCUT2D eigenvalue weighted by Crippen LogP contribution is -2.11. The first kappa shape index (κ1) is 25.8. The van der Waals surface area contributed by atoms with Crippen LogP contribution in [0.5, 0.6) is 5.75 Å². The number of nitrogens with zero attached hydrogens (tertiary/aromatic N) is 2. The molecule has 2 aromatic heterocycles. The Bertz CT molecular complexity index is 1660. The first-order valence-electron chi connectivity index (χ1n) is 12.0. The van der Waals surface area contributed by atoms with Gasteiger partial charge in [0.25, 0.3) is 0 Å². The molecule has 0 saturated carbocycles. The zero-order chi connectivity index (χ0) is 27.5. The number of esters is 1. The Balaban J connectivity index is 1.67. The molecule has 0 fully saturated rings. The van der Waals surface area contributed by atoms with Crippen LogP contribution in [0.4, 0.5) is 17.6 Å². The Hall–Kier alpha value is -4.85. The van der Waals surface area contributed by atoms with Crippen molar-refractivity contribution in [3.63, 3.8) is 0 Å². The maximum Gasteiger partial charge on any atom is 0.362 e. The van der Waals surface area contributed by atoms with Crippen LogP contribution < -0.4 is 4.74 Å². The average molecular weight is 529 g/mol. The average Bonchev–Trinajstić information content (AvgIpc) is 2.93. The van der Waals surface area contributed by atoms with Crippen molar-refractivity contribution in [2.75, 3.05) is 0 Å². The van der Waals surface area contributed by atoms with Crippen LogP contribution in [0.25, 0.3) is 22.4 Å². The normalized spacial score (nSPS) is 11.7. The molecule has 5 aromatic rings. The van der Waals surface area contributed by atoms with Gasteiger partial charge >= 0.3 is 5.97 Å². The number of aromatic nitrogens is 2. The van der Waals surface area contributed by atoms with Crippen molar-refractivity contribution in [3.05, 3.63) is 137 Å². The van der Waals surface area contributed by atoms with Crippen molar-refractivity contribution < 1.29 is 27.1 Å². The van der Waals surface area contributed by atoms with Crippen LogP contribution in [0.3, 0.4) is 0 Å². The molecule has 0 bridgehead atoms. The molecule has 0 amide bonds. The second-order valence-corrected chi connectivity index (χ2v) is 8.74. The molecule has 5 rings (SSSR count). The third kappa shape index (κ3) is 5.27. The molecule has 0 spiro atoms. The monoisotopic (exact) mass is 528 g/mol. The van der Waals surface area contributed by atoms with E-state index in [0.717, 1.165) is 18.2 Å². The first-order chi connectivity index (χ1) is 18.8. The number of benzene rings is 3. The number of hydrogen-bond donors (Lipinski definition) is 0. The third-order valence-electron chi connectivity index (χ3n) is 6.26. The molecule has 0 N–H and O–H groups in total. The minimum absolute atomic E-state index is 0.00230. The Morgan fingerprint density at radius 1 is 0.718 bits per heavy atom. The predicted molar refractivity (Wildman–Crippen MR) is 138 cm³/mol. The number of rotatable bonds is 6. The van der Waals surface area contributed by atoms with E-state index in [-0.39, 0.29) is 45.0 Å². The van der Waals surface area contributed by atoms with Gasteiger partial charge < -0.3 is 4.74 Å². The summed E-state index contributed by atoms with van der Waals surface area (Å²) in [5.41, 5.74) is 0.587. The van der Waals surface area contributed by atoms with Crippen LogP contribution >= 0.6 is 0 Å². The number of pyridine rings is 2. The van der Waals surface area contributed by atoms with Gasteiger partial charge in [0.1, 0.15) is 34.7 Å². The molecule has 8 heteroatoms. The Kier molecular flexibility index (Phi) is 7.19. The summed E-state index contributed by atoms with van der Waals surface area (Å²) in [6, 6.07) is 19.4. The van der Waals surface area contributed by atoms with Crippen LogP contribution in [0, 0.1) is 23.3 Å². The minimum atomic E-state index is -0.936. The van der Waals surface area contributed by atoms with Gasteiger partial charge in [-0.3, -0.25) is 4.98 Å². The van der Waals surface area contributed by atoms with Gasteiger partial charge in [-0.05, 0) is 53.6 Å². The van der Waals surface area contributed by atoms with E-state index in [4.69, 9.17) is 4.74 Å². The van der Waals surface area contributed by atoms with E-state index < -0.39 is 35.2 Å². The molecule has 0 aliphatic carbocycles. The molecule has 3 aromatic carbocycles. The molecule has 4 nitrogen and oxygen atoms in total. The van der Waals surface area contributed by atoms with Crippen LogP contribution in [0.1, 0.15) is 34.5 Å². The molecule has 0 radical (unpaired) electrons. The van der Waals surface area contributed by atoms with Gasteiger partial charge in [0.05, 0.1) is 5.69 Å². The summed E-state index contributed by atoms with van der Waals surface area (Å²) in [6.07, 6.45) is 2.89. The van der Waals surface area contributed by atoms with Crippen molar-refractivity contribution in [1.29, 1.82) is 0 Å². The number of carbonyl (C=O) groups is 1. The molecule has 194 valence electrons. The zero-order valence-electron chi connectivity index (χ0n) is 20.5.